The van der Waals surface area contributed by atoms with Crippen molar-refractivity contribution in [3.8, 4) is 11.5 Å². The molecular weight excluding hydrogens is 330 g/mol. The van der Waals surface area contributed by atoms with Gasteiger partial charge in [0.15, 0.2) is 0 Å². The average molecular weight is 351 g/mol. The summed E-state index contributed by atoms with van der Waals surface area (Å²) in [5.74, 6) is 1.16. The van der Waals surface area contributed by atoms with Gasteiger partial charge in [0, 0.05) is 17.3 Å². The second-order valence-electron chi connectivity index (χ2n) is 5.80. The van der Waals surface area contributed by atoms with Crippen LogP contribution in [-0.4, -0.2) is 30.4 Å². The topological polar surface area (TPSA) is 64.8 Å². The number of nitrogens with one attached hydrogen (secondary N) is 1. The van der Waals surface area contributed by atoms with E-state index in [2.05, 4.69) is 10.5 Å². The van der Waals surface area contributed by atoms with E-state index >= 15 is 0 Å². The highest BCUT2D eigenvalue weighted by molar-refractivity contribution is 6.02. The lowest BCUT2D eigenvalue weighted by atomic mass is 10.1. The zero-order chi connectivity index (χ0) is 18.5. The van der Waals surface area contributed by atoms with E-state index in [1.165, 1.54) is 0 Å². The van der Waals surface area contributed by atoms with Crippen LogP contribution in [0.3, 0.4) is 0 Å². The number of ether oxygens (including phenoxy) is 2. The van der Waals surface area contributed by atoms with Gasteiger partial charge in [0.05, 0.1) is 19.9 Å². The van der Waals surface area contributed by atoms with Gasteiger partial charge in [0.25, 0.3) is 5.91 Å². The van der Waals surface area contributed by atoms with Crippen LogP contribution in [0.1, 0.15) is 12.5 Å². The number of carbonyl (C=O) groups excluding carboxylic acids is 1. The van der Waals surface area contributed by atoms with E-state index in [0.717, 1.165) is 16.5 Å². The molecule has 0 saturated heterocycles. The number of benzene rings is 2. The monoisotopic (exact) mass is 351 g/mol. The Morgan fingerprint density at radius 1 is 1.12 bits per heavy atom. The minimum atomic E-state index is -0.201. The zero-order valence-corrected chi connectivity index (χ0v) is 15.0. The van der Waals surface area contributed by atoms with Crippen molar-refractivity contribution in [2.24, 2.45) is 5.10 Å². The Kier molecular flexibility index (Phi) is 5.22. The Bertz CT molecular complexity index is 960. The lowest BCUT2D eigenvalue weighted by Crippen LogP contribution is -2.24. The fourth-order valence-electron chi connectivity index (χ4n) is 2.77. The lowest BCUT2D eigenvalue weighted by molar-refractivity contribution is -0.121. The van der Waals surface area contributed by atoms with E-state index in [4.69, 9.17) is 9.47 Å². The van der Waals surface area contributed by atoms with Crippen LogP contribution in [0.5, 0.6) is 11.5 Å². The first-order chi connectivity index (χ1) is 12.6. The number of amides is 1. The minimum absolute atomic E-state index is 0.194. The third-order valence-electron chi connectivity index (χ3n) is 4.14. The second kappa shape index (κ2) is 7.74. The highest BCUT2D eigenvalue weighted by atomic mass is 16.5. The standard InChI is InChI=1S/C20H21N3O3/c1-14(17-12-16(25-2)8-9-19(17)26-3)21-22-20(24)13-23-11-10-15-6-4-5-7-18(15)23/h4-12H,13H2,1-3H3,(H,22,24)/b21-14-. The number of hydrogen-bond donors (Lipinski definition) is 1. The number of fused-ring (bicyclic) bond motifs is 1. The molecule has 1 heterocycles. The van der Waals surface area contributed by atoms with Crippen LogP contribution in [0.4, 0.5) is 0 Å². The summed E-state index contributed by atoms with van der Waals surface area (Å²) in [6, 6.07) is 15.4. The van der Waals surface area contributed by atoms with E-state index < -0.39 is 0 Å². The van der Waals surface area contributed by atoms with Crippen LogP contribution >= 0.6 is 0 Å². The van der Waals surface area contributed by atoms with Crippen LogP contribution in [0.15, 0.2) is 59.8 Å². The van der Waals surface area contributed by atoms with Gasteiger partial charge in [0.1, 0.15) is 18.0 Å². The molecular formula is C20H21N3O3. The highest BCUT2D eigenvalue weighted by Crippen LogP contribution is 2.24. The maximum absolute atomic E-state index is 12.3. The maximum atomic E-state index is 12.3. The smallest absolute Gasteiger partial charge is 0.259 e. The largest absolute Gasteiger partial charge is 0.497 e. The van der Waals surface area contributed by atoms with Crippen LogP contribution in [0, 0.1) is 0 Å². The molecule has 26 heavy (non-hydrogen) atoms. The van der Waals surface area contributed by atoms with E-state index in [-0.39, 0.29) is 12.5 Å². The maximum Gasteiger partial charge on any atom is 0.259 e. The van der Waals surface area contributed by atoms with Crippen molar-refractivity contribution in [3.63, 3.8) is 0 Å². The Morgan fingerprint density at radius 2 is 1.92 bits per heavy atom. The quantitative estimate of drug-likeness (QED) is 0.548. The predicted octanol–water partition coefficient (Wildman–Crippen LogP) is 3.20. The van der Waals surface area contributed by atoms with Gasteiger partial charge in [0.2, 0.25) is 0 Å². The number of rotatable bonds is 6. The van der Waals surface area contributed by atoms with Crippen molar-refractivity contribution < 1.29 is 14.3 Å². The third kappa shape index (κ3) is 3.69. The van der Waals surface area contributed by atoms with E-state index in [0.29, 0.717) is 17.2 Å². The SMILES string of the molecule is COc1ccc(OC)c(/C(C)=N\NC(=O)Cn2ccc3ccccc32)c1. The van der Waals surface area contributed by atoms with E-state index in [9.17, 15) is 4.79 Å². The summed E-state index contributed by atoms with van der Waals surface area (Å²) < 4.78 is 12.5. The lowest BCUT2D eigenvalue weighted by Gasteiger charge is -2.10. The molecule has 0 radical (unpaired) electrons. The molecule has 0 spiro atoms. The Labute approximate surface area is 152 Å². The Balaban J connectivity index is 1.73. The van der Waals surface area contributed by atoms with Crippen molar-refractivity contribution in [2.75, 3.05) is 14.2 Å². The summed E-state index contributed by atoms with van der Waals surface area (Å²) in [5.41, 5.74) is 5.01. The summed E-state index contributed by atoms with van der Waals surface area (Å²) in [4.78, 5) is 12.3. The molecule has 0 aliphatic rings. The molecule has 6 nitrogen and oxygen atoms in total. The molecule has 0 bridgehead atoms. The molecule has 3 rings (SSSR count). The zero-order valence-electron chi connectivity index (χ0n) is 15.0. The molecule has 1 aromatic heterocycles. The van der Waals surface area contributed by atoms with Gasteiger partial charge in [-0.1, -0.05) is 18.2 Å². The number of nitrogens with zero attached hydrogens (tertiary/aromatic N) is 2. The first kappa shape index (κ1) is 17.5. The average Bonchev–Trinajstić information content (AvgIpc) is 3.08. The molecule has 0 atom stereocenters. The molecule has 0 fully saturated rings. The second-order valence-corrected chi connectivity index (χ2v) is 5.80. The van der Waals surface area contributed by atoms with E-state index in [1.54, 1.807) is 20.3 Å². The Hall–Kier alpha value is -3.28. The number of methoxy groups -OCH3 is 2. The van der Waals surface area contributed by atoms with Crippen LogP contribution in [-0.2, 0) is 11.3 Å². The van der Waals surface area contributed by atoms with Gasteiger partial charge in [-0.15, -0.1) is 0 Å². The molecule has 0 aliphatic carbocycles. The van der Waals surface area contributed by atoms with E-state index in [1.807, 2.05) is 60.2 Å². The molecule has 1 N–H and O–H groups in total. The Morgan fingerprint density at radius 3 is 2.69 bits per heavy atom. The first-order valence-electron chi connectivity index (χ1n) is 8.22. The van der Waals surface area contributed by atoms with Crippen molar-refractivity contribution in [3.05, 3.63) is 60.3 Å². The molecule has 134 valence electrons. The molecule has 3 aromatic rings. The number of carbonyl (C=O) groups is 1. The summed E-state index contributed by atoms with van der Waals surface area (Å²) >= 11 is 0. The number of aromatic nitrogens is 1. The molecule has 0 unspecified atom stereocenters. The summed E-state index contributed by atoms with van der Waals surface area (Å²) in [7, 11) is 3.19. The molecule has 0 aliphatic heterocycles. The normalized spacial score (nSPS) is 11.4. The van der Waals surface area contributed by atoms with Crippen molar-refractivity contribution in [1.29, 1.82) is 0 Å². The minimum Gasteiger partial charge on any atom is -0.497 e. The first-order valence-corrected chi connectivity index (χ1v) is 8.22. The summed E-state index contributed by atoms with van der Waals surface area (Å²) in [6.07, 6.45) is 1.89. The number of para-hydroxylation sites is 1. The molecule has 0 saturated carbocycles. The summed E-state index contributed by atoms with van der Waals surface area (Å²) in [5, 5.41) is 5.31. The summed E-state index contributed by atoms with van der Waals surface area (Å²) in [6.45, 7) is 2.00. The van der Waals surface area contributed by atoms with Gasteiger partial charge in [-0.05, 0) is 42.6 Å². The number of hydrogen-bond acceptors (Lipinski definition) is 4. The predicted molar refractivity (Wildman–Crippen MR) is 102 cm³/mol. The van der Waals surface area contributed by atoms with Crippen molar-refractivity contribution >= 4 is 22.5 Å². The molecule has 1 amide bonds. The van der Waals surface area contributed by atoms with Gasteiger partial charge in [-0.3, -0.25) is 4.79 Å². The van der Waals surface area contributed by atoms with Gasteiger partial charge in [-0.25, -0.2) is 5.43 Å². The van der Waals surface area contributed by atoms with Gasteiger partial charge >= 0.3 is 0 Å². The fourth-order valence-corrected chi connectivity index (χ4v) is 2.77. The third-order valence-corrected chi connectivity index (χ3v) is 4.14. The van der Waals surface area contributed by atoms with Crippen LogP contribution in [0.2, 0.25) is 0 Å². The van der Waals surface area contributed by atoms with Crippen LogP contribution in [0.25, 0.3) is 10.9 Å². The van der Waals surface area contributed by atoms with Gasteiger partial charge < -0.3 is 14.0 Å². The molecule has 2 aromatic carbocycles. The van der Waals surface area contributed by atoms with Gasteiger partial charge in [-0.2, -0.15) is 5.10 Å². The van der Waals surface area contributed by atoms with Crippen LogP contribution < -0.4 is 14.9 Å². The van der Waals surface area contributed by atoms with Crippen molar-refractivity contribution in [1.82, 2.24) is 9.99 Å². The number of hydrazone groups is 1. The van der Waals surface area contributed by atoms with Crippen molar-refractivity contribution in [2.45, 2.75) is 13.5 Å². The highest BCUT2D eigenvalue weighted by Gasteiger charge is 2.10. The molecule has 6 heteroatoms. The fraction of sp³-hybridized carbons (Fsp3) is 0.200.